The Kier molecular flexibility index (Phi) is 9.89. The second-order valence-electron chi connectivity index (χ2n) is 9.48. The maximum absolute atomic E-state index is 13.3. The lowest BCUT2D eigenvalue weighted by Gasteiger charge is -2.37. The fourth-order valence-electron chi connectivity index (χ4n) is 4.73. The van der Waals surface area contributed by atoms with Crippen LogP contribution < -0.4 is 10.6 Å². The molecule has 2 fully saturated rings. The summed E-state index contributed by atoms with van der Waals surface area (Å²) in [5, 5.41) is 6.32. The van der Waals surface area contributed by atoms with Crippen LogP contribution in [0.25, 0.3) is 0 Å². The number of carbonyl (C=O) groups excluding carboxylic acids is 3. The van der Waals surface area contributed by atoms with Crippen LogP contribution in [-0.2, 0) is 9.59 Å². The third kappa shape index (κ3) is 7.25. The average Bonchev–Trinajstić information content (AvgIpc) is 3.36. The second kappa shape index (κ2) is 12.6. The molecule has 0 spiro atoms. The predicted molar refractivity (Wildman–Crippen MR) is 136 cm³/mol. The van der Waals surface area contributed by atoms with Crippen molar-refractivity contribution in [3.63, 3.8) is 0 Å². The number of hydrogen-bond acceptors (Lipinski definition) is 3. The van der Waals surface area contributed by atoms with Gasteiger partial charge in [0.05, 0.1) is 10.7 Å². The number of nitrogens with zero attached hydrogens (tertiary/aromatic N) is 2. The van der Waals surface area contributed by atoms with E-state index in [-0.39, 0.29) is 17.7 Å². The second-order valence-corrected chi connectivity index (χ2v) is 10.3. The first-order valence-corrected chi connectivity index (χ1v) is 13.1. The Balaban J connectivity index is 1.52. The molecule has 34 heavy (non-hydrogen) atoms. The zero-order valence-corrected chi connectivity index (χ0v) is 21.6. The molecule has 1 aliphatic carbocycles. The van der Waals surface area contributed by atoms with Gasteiger partial charge in [-0.25, -0.2) is 4.79 Å². The minimum Gasteiger partial charge on any atom is -0.339 e. The smallest absolute Gasteiger partial charge is 0.319 e. The van der Waals surface area contributed by atoms with Gasteiger partial charge in [0, 0.05) is 37.6 Å². The maximum Gasteiger partial charge on any atom is 0.319 e. The van der Waals surface area contributed by atoms with Crippen molar-refractivity contribution in [2.24, 2.45) is 11.8 Å². The highest BCUT2D eigenvalue weighted by molar-refractivity contribution is 6.36. The molecule has 0 aromatic heterocycles. The lowest BCUT2D eigenvalue weighted by atomic mass is 9.97. The van der Waals surface area contributed by atoms with Gasteiger partial charge < -0.3 is 20.4 Å². The molecule has 3 rings (SSSR count). The molecule has 0 bridgehead atoms. The number of anilines is 1. The van der Waals surface area contributed by atoms with Gasteiger partial charge >= 0.3 is 6.03 Å². The van der Waals surface area contributed by atoms with E-state index >= 15 is 0 Å². The Hall–Kier alpha value is -1.99. The quantitative estimate of drug-likeness (QED) is 0.505. The van der Waals surface area contributed by atoms with E-state index in [4.69, 9.17) is 23.2 Å². The summed E-state index contributed by atoms with van der Waals surface area (Å²) in [4.78, 5) is 42.2. The van der Waals surface area contributed by atoms with Gasteiger partial charge in [-0.3, -0.25) is 9.59 Å². The molecule has 1 aromatic carbocycles. The van der Waals surface area contributed by atoms with Crippen molar-refractivity contribution >= 4 is 46.7 Å². The SMILES string of the molecule is CCC(C)C(NC(=O)Nc1ccc(Cl)cc1Cl)C(=O)N1CCN(C(=O)CCC2CCCC2)CC1. The lowest BCUT2D eigenvalue weighted by molar-refractivity contribution is -0.141. The van der Waals surface area contributed by atoms with Gasteiger partial charge in [0.25, 0.3) is 0 Å². The van der Waals surface area contributed by atoms with E-state index in [1.165, 1.54) is 25.7 Å². The molecule has 1 heterocycles. The van der Waals surface area contributed by atoms with Crippen LogP contribution in [0.15, 0.2) is 18.2 Å². The van der Waals surface area contributed by atoms with Crippen LogP contribution in [0.3, 0.4) is 0 Å². The molecule has 1 saturated carbocycles. The topological polar surface area (TPSA) is 81.8 Å². The van der Waals surface area contributed by atoms with Crippen LogP contribution >= 0.6 is 23.2 Å². The van der Waals surface area contributed by atoms with Crippen molar-refractivity contribution in [3.05, 3.63) is 28.2 Å². The molecule has 188 valence electrons. The largest absolute Gasteiger partial charge is 0.339 e. The van der Waals surface area contributed by atoms with Gasteiger partial charge in [-0.05, 0) is 36.5 Å². The Morgan fingerprint density at radius 3 is 2.32 bits per heavy atom. The number of amides is 4. The fraction of sp³-hybridized carbons (Fsp3) is 0.640. The van der Waals surface area contributed by atoms with Crippen molar-refractivity contribution in [3.8, 4) is 0 Å². The molecule has 2 unspecified atom stereocenters. The number of nitrogens with one attached hydrogen (secondary N) is 2. The Bertz CT molecular complexity index is 868. The van der Waals surface area contributed by atoms with Gasteiger partial charge in [0.1, 0.15) is 6.04 Å². The number of halogens is 2. The van der Waals surface area contributed by atoms with Gasteiger partial charge in [-0.15, -0.1) is 0 Å². The minimum atomic E-state index is -0.666. The molecule has 2 aliphatic rings. The van der Waals surface area contributed by atoms with Gasteiger partial charge in [-0.1, -0.05) is 69.2 Å². The molecule has 1 aliphatic heterocycles. The normalized spacial score (nSPS) is 18.5. The van der Waals surface area contributed by atoms with E-state index < -0.39 is 12.1 Å². The average molecular weight is 511 g/mol. The summed E-state index contributed by atoms with van der Waals surface area (Å²) >= 11 is 12.1. The van der Waals surface area contributed by atoms with E-state index in [2.05, 4.69) is 10.6 Å². The molecular formula is C25H36Cl2N4O3. The summed E-state index contributed by atoms with van der Waals surface area (Å²) in [7, 11) is 0. The third-order valence-electron chi connectivity index (χ3n) is 7.13. The Labute approximate surface area is 212 Å². The maximum atomic E-state index is 13.3. The van der Waals surface area contributed by atoms with Crippen molar-refractivity contribution < 1.29 is 14.4 Å². The standard InChI is InChI=1S/C25H36Cl2N4O3/c1-3-17(2)23(29-25(34)28-21-10-9-19(26)16-20(21)27)24(33)31-14-12-30(13-15-31)22(32)11-8-18-6-4-5-7-18/h9-10,16-18,23H,3-8,11-15H2,1-2H3,(H2,28,29,34). The summed E-state index contributed by atoms with van der Waals surface area (Å²) in [6, 6.07) is 3.64. The monoisotopic (exact) mass is 510 g/mol. The zero-order chi connectivity index (χ0) is 24.7. The molecule has 1 saturated heterocycles. The molecular weight excluding hydrogens is 475 g/mol. The van der Waals surface area contributed by atoms with Crippen LogP contribution in [0.2, 0.25) is 10.0 Å². The van der Waals surface area contributed by atoms with Crippen LogP contribution in [0.5, 0.6) is 0 Å². The third-order valence-corrected chi connectivity index (χ3v) is 7.68. The van der Waals surface area contributed by atoms with Gasteiger partial charge in [-0.2, -0.15) is 0 Å². The number of benzene rings is 1. The number of piperazine rings is 1. The summed E-state index contributed by atoms with van der Waals surface area (Å²) in [6.45, 7) is 5.97. The van der Waals surface area contributed by atoms with Crippen LogP contribution in [-0.4, -0.2) is 59.9 Å². The van der Waals surface area contributed by atoms with Gasteiger partial charge in [0.15, 0.2) is 0 Å². The summed E-state index contributed by atoms with van der Waals surface area (Å²) in [5.74, 6) is 0.715. The highest BCUT2D eigenvalue weighted by atomic mass is 35.5. The van der Waals surface area contributed by atoms with Crippen LogP contribution in [0.4, 0.5) is 10.5 Å². The molecule has 9 heteroatoms. The van der Waals surface area contributed by atoms with E-state index in [0.717, 1.165) is 12.8 Å². The first-order chi connectivity index (χ1) is 16.3. The van der Waals surface area contributed by atoms with Crippen molar-refractivity contribution in [1.29, 1.82) is 0 Å². The van der Waals surface area contributed by atoms with Crippen molar-refractivity contribution in [2.45, 2.75) is 64.8 Å². The van der Waals surface area contributed by atoms with E-state index in [1.807, 2.05) is 18.7 Å². The zero-order valence-electron chi connectivity index (χ0n) is 20.1. The molecule has 2 atom stereocenters. The first kappa shape index (κ1) is 26.6. The van der Waals surface area contributed by atoms with E-state index in [0.29, 0.717) is 54.3 Å². The van der Waals surface area contributed by atoms with Crippen molar-refractivity contribution in [1.82, 2.24) is 15.1 Å². The summed E-state index contributed by atoms with van der Waals surface area (Å²) < 4.78 is 0. The fourth-order valence-corrected chi connectivity index (χ4v) is 5.19. The number of carbonyl (C=O) groups is 3. The minimum absolute atomic E-state index is 0.0509. The molecule has 2 N–H and O–H groups in total. The number of urea groups is 1. The Morgan fingerprint density at radius 2 is 1.71 bits per heavy atom. The van der Waals surface area contributed by atoms with Crippen LogP contribution in [0, 0.1) is 11.8 Å². The molecule has 0 radical (unpaired) electrons. The first-order valence-electron chi connectivity index (χ1n) is 12.4. The lowest BCUT2D eigenvalue weighted by Crippen LogP contribution is -2.57. The molecule has 7 nitrogen and oxygen atoms in total. The van der Waals surface area contributed by atoms with Crippen LogP contribution in [0.1, 0.15) is 58.8 Å². The highest BCUT2D eigenvalue weighted by Crippen LogP contribution is 2.29. The molecule has 4 amide bonds. The Morgan fingerprint density at radius 1 is 1.06 bits per heavy atom. The predicted octanol–water partition coefficient (Wildman–Crippen LogP) is 5.17. The molecule has 1 aromatic rings. The highest BCUT2D eigenvalue weighted by Gasteiger charge is 2.33. The van der Waals surface area contributed by atoms with Gasteiger partial charge in [0.2, 0.25) is 11.8 Å². The summed E-state index contributed by atoms with van der Waals surface area (Å²) in [5.41, 5.74) is 0.420. The summed E-state index contributed by atoms with van der Waals surface area (Å²) in [6.07, 6.45) is 7.38. The number of hydrogen-bond donors (Lipinski definition) is 2. The van der Waals surface area contributed by atoms with E-state index in [1.54, 1.807) is 23.1 Å². The van der Waals surface area contributed by atoms with E-state index in [9.17, 15) is 14.4 Å². The number of rotatable bonds is 8. The van der Waals surface area contributed by atoms with Crippen molar-refractivity contribution in [2.75, 3.05) is 31.5 Å².